The first-order valence-electron chi connectivity index (χ1n) is 7.90. The molecule has 0 aliphatic carbocycles. The minimum atomic E-state index is -0.687. The van der Waals surface area contributed by atoms with Crippen molar-refractivity contribution in [1.82, 2.24) is 15.2 Å². The lowest BCUT2D eigenvalue weighted by Gasteiger charge is -1.99. The van der Waals surface area contributed by atoms with Gasteiger partial charge in [0.25, 0.3) is 5.91 Å². The van der Waals surface area contributed by atoms with E-state index in [2.05, 4.69) is 20.5 Å². The average Bonchev–Trinajstić information content (AvgIpc) is 3.20. The van der Waals surface area contributed by atoms with Crippen LogP contribution in [0.25, 0.3) is 22.2 Å². The van der Waals surface area contributed by atoms with Crippen molar-refractivity contribution in [1.29, 1.82) is 0 Å². The van der Waals surface area contributed by atoms with Crippen molar-refractivity contribution in [3.05, 3.63) is 71.4 Å². The van der Waals surface area contributed by atoms with Crippen molar-refractivity contribution >= 4 is 22.6 Å². The molecule has 2 aromatic carbocycles. The Morgan fingerprint density at radius 1 is 1.04 bits per heavy atom. The molecule has 2 aromatic heterocycles. The highest BCUT2D eigenvalue weighted by Crippen LogP contribution is 2.23. The highest BCUT2D eigenvalue weighted by atomic mass is 19.1. The molecule has 0 aliphatic heterocycles. The van der Waals surface area contributed by atoms with Crippen LogP contribution in [0.4, 0.5) is 14.6 Å². The van der Waals surface area contributed by atoms with Crippen molar-refractivity contribution < 1.29 is 13.6 Å². The highest BCUT2D eigenvalue weighted by molar-refractivity contribution is 6.05. The van der Waals surface area contributed by atoms with Gasteiger partial charge in [0.1, 0.15) is 17.3 Å². The molecule has 0 radical (unpaired) electrons. The van der Waals surface area contributed by atoms with Crippen molar-refractivity contribution in [2.75, 3.05) is 5.32 Å². The Hall–Kier alpha value is -3.48. The van der Waals surface area contributed by atoms with Crippen LogP contribution in [0.5, 0.6) is 0 Å². The summed E-state index contributed by atoms with van der Waals surface area (Å²) in [6.45, 7) is 1.98. The van der Waals surface area contributed by atoms with E-state index in [1.54, 1.807) is 6.07 Å². The molecule has 0 atom stereocenters. The van der Waals surface area contributed by atoms with Crippen LogP contribution in [0.15, 0.2) is 48.5 Å². The number of carbonyl (C=O) groups excluding carboxylic acids is 1. The van der Waals surface area contributed by atoms with E-state index in [-0.39, 0.29) is 11.7 Å². The summed E-state index contributed by atoms with van der Waals surface area (Å²) in [5, 5.41) is 10.2. The molecule has 4 aromatic rings. The zero-order valence-electron chi connectivity index (χ0n) is 13.7. The third-order valence-corrected chi connectivity index (χ3v) is 4.01. The number of hydrogen-bond acceptors (Lipinski definition) is 2. The highest BCUT2D eigenvalue weighted by Gasteiger charge is 2.13. The quantitative estimate of drug-likeness (QED) is 0.511. The zero-order chi connectivity index (χ0) is 18.3. The van der Waals surface area contributed by atoms with E-state index in [0.29, 0.717) is 17.0 Å². The molecule has 4 rings (SSSR count). The van der Waals surface area contributed by atoms with Gasteiger partial charge in [-0.15, -0.1) is 0 Å². The number of rotatable bonds is 3. The van der Waals surface area contributed by atoms with Gasteiger partial charge in [0.2, 0.25) is 0 Å². The minimum Gasteiger partial charge on any atom is -0.351 e. The number of halogens is 2. The van der Waals surface area contributed by atoms with Gasteiger partial charge in [0.15, 0.2) is 5.82 Å². The first kappa shape index (κ1) is 16.0. The molecule has 0 unspecified atom stereocenters. The third kappa shape index (κ3) is 3.06. The fourth-order valence-electron chi connectivity index (χ4n) is 2.80. The van der Waals surface area contributed by atoms with E-state index in [1.165, 1.54) is 18.2 Å². The predicted molar refractivity (Wildman–Crippen MR) is 94.9 cm³/mol. The van der Waals surface area contributed by atoms with Gasteiger partial charge in [-0.3, -0.25) is 9.89 Å². The zero-order valence-corrected chi connectivity index (χ0v) is 13.7. The van der Waals surface area contributed by atoms with Gasteiger partial charge >= 0.3 is 0 Å². The number of aryl methyl sites for hydroxylation is 1. The summed E-state index contributed by atoms with van der Waals surface area (Å²) < 4.78 is 26.7. The fourth-order valence-corrected chi connectivity index (χ4v) is 2.80. The van der Waals surface area contributed by atoms with Crippen LogP contribution in [-0.4, -0.2) is 21.1 Å². The molecule has 0 bridgehead atoms. The SMILES string of the molecule is Cc1ccc2[nH]c(C(=O)Nc3cc(-c4cc(F)cc(F)c4)[nH]n3)cc2c1. The summed E-state index contributed by atoms with van der Waals surface area (Å²) in [6.07, 6.45) is 0. The maximum atomic E-state index is 13.3. The number of nitrogens with zero attached hydrogens (tertiary/aromatic N) is 1. The van der Waals surface area contributed by atoms with Crippen LogP contribution in [0.1, 0.15) is 16.1 Å². The molecule has 0 saturated heterocycles. The molecular weight excluding hydrogens is 338 g/mol. The van der Waals surface area contributed by atoms with Crippen LogP contribution >= 0.6 is 0 Å². The van der Waals surface area contributed by atoms with Gasteiger partial charge in [-0.2, -0.15) is 5.10 Å². The van der Waals surface area contributed by atoms with E-state index in [4.69, 9.17) is 0 Å². The number of amides is 1. The first-order chi connectivity index (χ1) is 12.5. The maximum Gasteiger partial charge on any atom is 0.273 e. The Balaban J connectivity index is 1.57. The van der Waals surface area contributed by atoms with E-state index >= 15 is 0 Å². The summed E-state index contributed by atoms with van der Waals surface area (Å²) in [4.78, 5) is 15.5. The third-order valence-electron chi connectivity index (χ3n) is 4.01. The molecule has 0 fully saturated rings. The Kier molecular flexibility index (Phi) is 3.76. The molecule has 0 aliphatic rings. The Labute approximate surface area is 147 Å². The second kappa shape index (κ2) is 6.11. The summed E-state index contributed by atoms with van der Waals surface area (Å²) >= 11 is 0. The number of H-pyrrole nitrogens is 2. The lowest BCUT2D eigenvalue weighted by atomic mass is 10.1. The van der Waals surface area contributed by atoms with Crippen molar-refractivity contribution in [3.8, 4) is 11.3 Å². The number of carbonyl (C=O) groups is 1. The molecule has 130 valence electrons. The number of anilines is 1. The Bertz CT molecular complexity index is 1110. The van der Waals surface area contributed by atoms with Crippen molar-refractivity contribution in [2.24, 2.45) is 0 Å². The molecule has 3 N–H and O–H groups in total. The monoisotopic (exact) mass is 352 g/mol. The molecule has 7 heteroatoms. The molecule has 0 spiro atoms. The predicted octanol–water partition coefficient (Wildman–Crippen LogP) is 4.40. The molecule has 1 amide bonds. The maximum absolute atomic E-state index is 13.3. The summed E-state index contributed by atoms with van der Waals surface area (Å²) in [6, 6.07) is 12.3. The molecular formula is C19H14F2N4O. The number of hydrogen-bond donors (Lipinski definition) is 3. The summed E-state index contributed by atoms with van der Waals surface area (Å²) in [5.41, 5.74) is 3.05. The van der Waals surface area contributed by atoms with Gasteiger partial charge in [0, 0.05) is 28.6 Å². The Morgan fingerprint density at radius 3 is 2.58 bits per heavy atom. The summed E-state index contributed by atoms with van der Waals surface area (Å²) in [5.74, 6) is -1.48. The van der Waals surface area contributed by atoms with Crippen LogP contribution in [-0.2, 0) is 0 Å². The standard InChI is InChI=1S/C19H14F2N4O/c1-10-2-3-15-11(4-10)7-17(22-15)19(26)23-18-9-16(24-25-18)12-5-13(20)8-14(21)6-12/h2-9,22H,1H3,(H2,23,24,25,26). The number of aromatic nitrogens is 3. The van der Waals surface area contributed by atoms with Crippen molar-refractivity contribution in [2.45, 2.75) is 6.92 Å². The largest absolute Gasteiger partial charge is 0.351 e. The van der Waals surface area contributed by atoms with E-state index in [1.807, 2.05) is 25.1 Å². The van der Waals surface area contributed by atoms with E-state index < -0.39 is 11.6 Å². The van der Waals surface area contributed by atoms with E-state index in [9.17, 15) is 13.6 Å². The van der Waals surface area contributed by atoms with Gasteiger partial charge in [-0.05, 0) is 37.3 Å². The molecule has 26 heavy (non-hydrogen) atoms. The fraction of sp³-hybridized carbons (Fsp3) is 0.0526. The minimum absolute atomic E-state index is 0.254. The van der Waals surface area contributed by atoms with Crippen LogP contribution in [0, 0.1) is 18.6 Å². The lowest BCUT2D eigenvalue weighted by Crippen LogP contribution is -2.12. The van der Waals surface area contributed by atoms with Crippen LogP contribution in [0.3, 0.4) is 0 Å². The topological polar surface area (TPSA) is 73.6 Å². The number of aromatic amines is 2. The smallest absolute Gasteiger partial charge is 0.273 e. The van der Waals surface area contributed by atoms with Gasteiger partial charge in [0.05, 0.1) is 5.69 Å². The average molecular weight is 352 g/mol. The number of benzene rings is 2. The van der Waals surface area contributed by atoms with Crippen molar-refractivity contribution in [3.63, 3.8) is 0 Å². The lowest BCUT2D eigenvalue weighted by molar-refractivity contribution is 0.102. The number of nitrogens with one attached hydrogen (secondary N) is 3. The summed E-state index contributed by atoms with van der Waals surface area (Å²) in [7, 11) is 0. The number of fused-ring (bicyclic) bond motifs is 1. The van der Waals surface area contributed by atoms with Crippen LogP contribution in [0.2, 0.25) is 0 Å². The van der Waals surface area contributed by atoms with Gasteiger partial charge in [-0.25, -0.2) is 8.78 Å². The molecule has 0 saturated carbocycles. The van der Waals surface area contributed by atoms with E-state index in [0.717, 1.165) is 22.5 Å². The van der Waals surface area contributed by atoms with Gasteiger partial charge < -0.3 is 10.3 Å². The normalized spacial score (nSPS) is 11.0. The van der Waals surface area contributed by atoms with Gasteiger partial charge in [-0.1, -0.05) is 11.6 Å². The first-order valence-corrected chi connectivity index (χ1v) is 7.90. The van der Waals surface area contributed by atoms with Crippen LogP contribution < -0.4 is 5.32 Å². The molecule has 2 heterocycles. The second-order valence-corrected chi connectivity index (χ2v) is 6.05. The molecule has 5 nitrogen and oxygen atoms in total. The Morgan fingerprint density at radius 2 is 1.81 bits per heavy atom. The second-order valence-electron chi connectivity index (χ2n) is 6.05.